The van der Waals surface area contributed by atoms with E-state index in [0.717, 1.165) is 16.8 Å². The molecule has 0 radical (unpaired) electrons. The van der Waals surface area contributed by atoms with Crippen molar-refractivity contribution in [3.05, 3.63) is 53.1 Å². The van der Waals surface area contributed by atoms with Gasteiger partial charge in [-0.1, -0.05) is 24.3 Å². The fourth-order valence-electron chi connectivity index (χ4n) is 2.12. The summed E-state index contributed by atoms with van der Waals surface area (Å²) in [6, 6.07) is 11.2. The number of thiocarbonyl (C=S) groups is 1. The molecule has 2 rings (SSSR count). The molecule has 0 heterocycles. The molecule has 120 valence electrons. The number of rotatable bonds is 4. The second kappa shape index (κ2) is 7.60. The molecule has 0 aliphatic rings. The summed E-state index contributed by atoms with van der Waals surface area (Å²) in [5.41, 5.74) is 6.43. The molecule has 0 fully saturated rings. The highest BCUT2D eigenvalue weighted by Gasteiger charge is 2.05. The Morgan fingerprint density at radius 3 is 2.48 bits per heavy atom. The van der Waals surface area contributed by atoms with E-state index in [1.165, 1.54) is 13.3 Å². The van der Waals surface area contributed by atoms with Crippen LogP contribution in [0.4, 0.5) is 5.69 Å². The molecule has 0 unspecified atom stereocenters. The zero-order chi connectivity index (χ0) is 16.8. The van der Waals surface area contributed by atoms with Crippen molar-refractivity contribution in [2.24, 2.45) is 5.10 Å². The monoisotopic (exact) mass is 329 g/mol. The summed E-state index contributed by atoms with van der Waals surface area (Å²) < 4.78 is 5.05. The standard InChI is InChI=1S/C17H19N3O2S/c1-11-6-4-7-12(2)15(11)19-17(23)20-18-10-13-8-5-9-14(22-3)16(13)21/h4-10,21H,1-3H3,(H2,19,20,23)/b18-10+. The van der Waals surface area contributed by atoms with Crippen molar-refractivity contribution in [2.45, 2.75) is 13.8 Å². The predicted octanol–water partition coefficient (Wildman–Crippen LogP) is 3.34. The Hall–Kier alpha value is -2.60. The molecule has 3 N–H and O–H groups in total. The molecular weight excluding hydrogens is 310 g/mol. The summed E-state index contributed by atoms with van der Waals surface area (Å²) in [5, 5.41) is 17.5. The van der Waals surface area contributed by atoms with Crippen LogP contribution < -0.4 is 15.5 Å². The SMILES string of the molecule is COc1cccc(/C=N/NC(=S)Nc2c(C)cccc2C)c1O. The van der Waals surface area contributed by atoms with Crippen LogP contribution in [0.2, 0.25) is 0 Å². The number of hydrogen-bond acceptors (Lipinski definition) is 4. The minimum absolute atomic E-state index is 0.0363. The van der Waals surface area contributed by atoms with Gasteiger partial charge in [-0.25, -0.2) is 0 Å². The third-order valence-electron chi connectivity index (χ3n) is 3.34. The summed E-state index contributed by atoms with van der Waals surface area (Å²) in [4.78, 5) is 0. The first kappa shape index (κ1) is 16.8. The van der Waals surface area contributed by atoms with Crippen LogP contribution in [-0.4, -0.2) is 23.5 Å². The molecular formula is C17H19N3O2S. The van der Waals surface area contributed by atoms with E-state index in [9.17, 15) is 5.11 Å². The Kier molecular flexibility index (Phi) is 5.54. The van der Waals surface area contributed by atoms with E-state index in [1.54, 1.807) is 18.2 Å². The number of benzene rings is 2. The van der Waals surface area contributed by atoms with Gasteiger partial charge in [0.2, 0.25) is 0 Å². The molecule has 2 aromatic carbocycles. The quantitative estimate of drug-likeness (QED) is 0.456. The topological polar surface area (TPSA) is 65.9 Å². The normalized spacial score (nSPS) is 10.6. The molecule has 5 nitrogen and oxygen atoms in total. The summed E-state index contributed by atoms with van der Waals surface area (Å²) in [6.45, 7) is 4.02. The van der Waals surface area contributed by atoms with Gasteiger partial charge in [-0.05, 0) is 49.3 Å². The van der Waals surface area contributed by atoms with Gasteiger partial charge in [0, 0.05) is 11.3 Å². The molecule has 0 saturated carbocycles. The summed E-state index contributed by atoms with van der Waals surface area (Å²) in [6.07, 6.45) is 1.48. The van der Waals surface area contributed by atoms with Crippen molar-refractivity contribution < 1.29 is 9.84 Å². The molecule has 0 aromatic heterocycles. The maximum atomic E-state index is 9.97. The van der Waals surface area contributed by atoms with E-state index in [0.29, 0.717) is 16.4 Å². The number of hydrogen-bond donors (Lipinski definition) is 3. The fourth-order valence-corrected chi connectivity index (χ4v) is 2.28. The predicted molar refractivity (Wildman–Crippen MR) is 97.5 cm³/mol. The molecule has 2 aromatic rings. The Morgan fingerprint density at radius 1 is 1.17 bits per heavy atom. The van der Waals surface area contributed by atoms with Gasteiger partial charge in [0.15, 0.2) is 16.6 Å². The molecule has 0 bridgehead atoms. The summed E-state index contributed by atoms with van der Waals surface area (Å²) in [5.74, 6) is 0.430. The van der Waals surface area contributed by atoms with E-state index in [-0.39, 0.29) is 5.75 Å². The number of methoxy groups -OCH3 is 1. The molecule has 0 amide bonds. The van der Waals surface area contributed by atoms with Crippen molar-refractivity contribution >= 4 is 29.2 Å². The van der Waals surface area contributed by atoms with Gasteiger partial charge in [0.25, 0.3) is 0 Å². The molecule has 6 heteroatoms. The number of nitrogens with one attached hydrogen (secondary N) is 2. The fraction of sp³-hybridized carbons (Fsp3) is 0.176. The van der Waals surface area contributed by atoms with Crippen LogP contribution in [0.3, 0.4) is 0 Å². The van der Waals surface area contributed by atoms with Gasteiger partial charge >= 0.3 is 0 Å². The number of phenols is 1. The number of aromatic hydroxyl groups is 1. The van der Waals surface area contributed by atoms with Gasteiger partial charge in [0.1, 0.15) is 0 Å². The van der Waals surface area contributed by atoms with Crippen LogP contribution in [0.25, 0.3) is 0 Å². The maximum absolute atomic E-state index is 9.97. The van der Waals surface area contributed by atoms with E-state index in [2.05, 4.69) is 15.8 Å². The molecule has 0 aliphatic carbocycles. The first-order chi connectivity index (χ1) is 11.0. The highest BCUT2D eigenvalue weighted by atomic mass is 32.1. The van der Waals surface area contributed by atoms with Crippen LogP contribution in [-0.2, 0) is 0 Å². The maximum Gasteiger partial charge on any atom is 0.191 e. The first-order valence-corrected chi connectivity index (χ1v) is 7.46. The highest BCUT2D eigenvalue weighted by Crippen LogP contribution is 2.27. The van der Waals surface area contributed by atoms with E-state index >= 15 is 0 Å². The first-order valence-electron chi connectivity index (χ1n) is 7.05. The molecule has 0 aliphatic heterocycles. The third kappa shape index (κ3) is 4.20. The number of para-hydroxylation sites is 2. The number of anilines is 1. The van der Waals surface area contributed by atoms with Crippen LogP contribution >= 0.6 is 12.2 Å². The summed E-state index contributed by atoms with van der Waals surface area (Å²) >= 11 is 5.23. The Balaban J connectivity index is 2.02. The van der Waals surface area contributed by atoms with Gasteiger partial charge in [-0.3, -0.25) is 5.43 Å². The lowest BCUT2D eigenvalue weighted by molar-refractivity contribution is 0.373. The van der Waals surface area contributed by atoms with Gasteiger partial charge < -0.3 is 15.2 Å². The van der Waals surface area contributed by atoms with Gasteiger partial charge in [-0.15, -0.1) is 0 Å². The number of phenolic OH excluding ortho intramolecular Hbond substituents is 1. The lowest BCUT2D eigenvalue weighted by Gasteiger charge is -2.12. The number of aryl methyl sites for hydroxylation is 2. The molecule has 23 heavy (non-hydrogen) atoms. The van der Waals surface area contributed by atoms with Crippen molar-refractivity contribution in [2.75, 3.05) is 12.4 Å². The van der Waals surface area contributed by atoms with Gasteiger partial charge in [-0.2, -0.15) is 5.10 Å². The largest absolute Gasteiger partial charge is 0.504 e. The summed E-state index contributed by atoms with van der Waals surface area (Å²) in [7, 11) is 1.50. The van der Waals surface area contributed by atoms with Gasteiger partial charge in [0.05, 0.1) is 13.3 Å². The van der Waals surface area contributed by atoms with Crippen LogP contribution in [0.5, 0.6) is 11.5 Å². The Labute approximate surface area is 141 Å². The lowest BCUT2D eigenvalue weighted by Crippen LogP contribution is -2.24. The Bertz CT molecular complexity index is 724. The van der Waals surface area contributed by atoms with E-state index < -0.39 is 0 Å². The minimum Gasteiger partial charge on any atom is -0.504 e. The minimum atomic E-state index is 0.0363. The number of nitrogens with zero attached hydrogens (tertiary/aromatic N) is 1. The second-order valence-electron chi connectivity index (χ2n) is 4.99. The van der Waals surface area contributed by atoms with E-state index in [1.807, 2.05) is 32.0 Å². The van der Waals surface area contributed by atoms with Crippen molar-refractivity contribution in [1.82, 2.24) is 5.43 Å². The molecule has 0 spiro atoms. The average molecular weight is 329 g/mol. The van der Waals surface area contributed by atoms with Crippen LogP contribution in [0, 0.1) is 13.8 Å². The highest BCUT2D eigenvalue weighted by molar-refractivity contribution is 7.80. The third-order valence-corrected chi connectivity index (χ3v) is 3.53. The zero-order valence-electron chi connectivity index (χ0n) is 13.3. The number of ether oxygens (including phenoxy) is 1. The van der Waals surface area contributed by atoms with Crippen molar-refractivity contribution in [1.29, 1.82) is 0 Å². The van der Waals surface area contributed by atoms with Crippen molar-refractivity contribution in [3.63, 3.8) is 0 Å². The molecule has 0 atom stereocenters. The molecule has 0 saturated heterocycles. The second-order valence-corrected chi connectivity index (χ2v) is 5.40. The zero-order valence-corrected chi connectivity index (χ0v) is 14.1. The van der Waals surface area contributed by atoms with Crippen molar-refractivity contribution in [3.8, 4) is 11.5 Å². The van der Waals surface area contributed by atoms with Crippen LogP contribution in [0.15, 0.2) is 41.5 Å². The number of hydrazone groups is 1. The average Bonchev–Trinajstić information content (AvgIpc) is 2.53. The Morgan fingerprint density at radius 2 is 1.83 bits per heavy atom. The lowest BCUT2D eigenvalue weighted by atomic mass is 10.1. The van der Waals surface area contributed by atoms with Crippen LogP contribution in [0.1, 0.15) is 16.7 Å². The smallest absolute Gasteiger partial charge is 0.191 e. The van der Waals surface area contributed by atoms with E-state index in [4.69, 9.17) is 17.0 Å².